The second-order valence-electron chi connectivity index (χ2n) is 4.11. The topological polar surface area (TPSA) is 52.6 Å². The highest BCUT2D eigenvalue weighted by Gasteiger charge is 2.48. The van der Waals surface area contributed by atoms with Gasteiger partial charge in [0.2, 0.25) is 0 Å². The van der Waals surface area contributed by atoms with Crippen molar-refractivity contribution in [3.8, 4) is 0 Å². The summed E-state index contributed by atoms with van der Waals surface area (Å²) in [5.41, 5.74) is 0. The Morgan fingerprint density at radius 1 is 1.53 bits per heavy atom. The maximum absolute atomic E-state index is 11.6. The van der Waals surface area contributed by atoms with Crippen LogP contribution in [0.5, 0.6) is 0 Å². The monoisotopic (exact) mass is 210 g/mol. The zero-order valence-corrected chi connectivity index (χ0v) is 8.80. The molecule has 15 heavy (non-hydrogen) atoms. The zero-order chi connectivity index (χ0) is 11.0. The van der Waals surface area contributed by atoms with Gasteiger partial charge in [-0.3, -0.25) is 9.59 Å². The summed E-state index contributed by atoms with van der Waals surface area (Å²) in [5.74, 6) is -1.26. The number of hydrogen-bond acceptors (Lipinski definition) is 4. The second-order valence-corrected chi connectivity index (χ2v) is 4.11. The third-order valence-electron chi connectivity index (χ3n) is 3.24. The van der Waals surface area contributed by atoms with Gasteiger partial charge in [0.05, 0.1) is 25.6 Å². The number of carbonyl (C=O) groups excluding carboxylic acids is 2. The molecular weight excluding hydrogens is 196 g/mol. The Balaban J connectivity index is 2.30. The van der Waals surface area contributed by atoms with Crippen LogP contribution in [0.3, 0.4) is 0 Å². The van der Waals surface area contributed by atoms with Gasteiger partial charge >= 0.3 is 11.9 Å². The Morgan fingerprint density at radius 3 is 2.93 bits per heavy atom. The zero-order valence-electron chi connectivity index (χ0n) is 8.80. The molecule has 1 aliphatic carbocycles. The van der Waals surface area contributed by atoms with Gasteiger partial charge in [0.1, 0.15) is 0 Å². The lowest BCUT2D eigenvalue weighted by molar-refractivity contribution is -0.155. The summed E-state index contributed by atoms with van der Waals surface area (Å²) in [6.07, 6.45) is 3.93. The van der Waals surface area contributed by atoms with E-state index < -0.39 is 0 Å². The summed E-state index contributed by atoms with van der Waals surface area (Å²) in [4.78, 5) is 23.1. The van der Waals surface area contributed by atoms with Crippen molar-refractivity contribution < 1.29 is 19.1 Å². The van der Waals surface area contributed by atoms with E-state index in [9.17, 15) is 9.59 Å². The van der Waals surface area contributed by atoms with Crippen LogP contribution < -0.4 is 0 Å². The first-order chi connectivity index (χ1) is 7.15. The first-order valence-corrected chi connectivity index (χ1v) is 5.08. The Labute approximate surface area is 88.2 Å². The normalized spacial score (nSPS) is 38.4. The van der Waals surface area contributed by atoms with Crippen LogP contribution in [-0.2, 0) is 19.1 Å². The molecule has 82 valence electrons. The van der Waals surface area contributed by atoms with Gasteiger partial charge < -0.3 is 9.47 Å². The Bertz CT molecular complexity index is 321. The van der Waals surface area contributed by atoms with Crippen LogP contribution in [0.25, 0.3) is 0 Å². The maximum Gasteiger partial charge on any atom is 0.310 e. The number of cyclic esters (lactones) is 1. The number of hydrogen-bond donors (Lipinski definition) is 0. The van der Waals surface area contributed by atoms with Crippen LogP contribution in [0.4, 0.5) is 0 Å². The van der Waals surface area contributed by atoms with Crippen LogP contribution in [0.15, 0.2) is 12.2 Å². The van der Waals surface area contributed by atoms with Crippen molar-refractivity contribution in [2.24, 2.45) is 23.7 Å². The van der Waals surface area contributed by atoms with Crippen molar-refractivity contribution in [2.75, 3.05) is 13.7 Å². The fraction of sp³-hybridized carbons (Fsp3) is 0.636. The van der Waals surface area contributed by atoms with Crippen molar-refractivity contribution in [3.63, 3.8) is 0 Å². The number of ether oxygens (including phenoxy) is 2. The van der Waals surface area contributed by atoms with E-state index in [1.54, 1.807) is 0 Å². The number of carbonyl (C=O) groups is 2. The van der Waals surface area contributed by atoms with Gasteiger partial charge in [0, 0.05) is 5.92 Å². The Hall–Kier alpha value is -1.32. The molecule has 0 spiro atoms. The standard InChI is InChI=1S/C11H14O4/c1-6-3-4-7-5-15-11(13)9(7)8(6)10(12)14-2/h3-4,6-9H,5H2,1-2H3/t6-,7+,8+,9-/m1/s1. The van der Waals surface area contributed by atoms with Crippen molar-refractivity contribution >= 4 is 11.9 Å². The lowest BCUT2D eigenvalue weighted by Crippen LogP contribution is -2.38. The lowest BCUT2D eigenvalue weighted by Gasteiger charge is -2.29. The molecule has 1 saturated heterocycles. The van der Waals surface area contributed by atoms with E-state index in [0.717, 1.165) is 0 Å². The summed E-state index contributed by atoms with van der Waals surface area (Å²) in [6.45, 7) is 2.31. The fourth-order valence-electron chi connectivity index (χ4n) is 2.40. The summed E-state index contributed by atoms with van der Waals surface area (Å²) >= 11 is 0. The van der Waals surface area contributed by atoms with Crippen LogP contribution in [-0.4, -0.2) is 25.7 Å². The highest BCUT2D eigenvalue weighted by molar-refractivity contribution is 5.84. The quantitative estimate of drug-likeness (QED) is 0.474. The van der Waals surface area contributed by atoms with Gasteiger partial charge in [-0.15, -0.1) is 0 Å². The molecule has 0 aromatic carbocycles. The summed E-state index contributed by atoms with van der Waals surface area (Å²) in [6, 6.07) is 0. The van der Waals surface area contributed by atoms with E-state index in [2.05, 4.69) is 0 Å². The van der Waals surface area contributed by atoms with E-state index >= 15 is 0 Å². The smallest absolute Gasteiger partial charge is 0.310 e. The minimum atomic E-state index is -0.389. The molecule has 2 aliphatic rings. The first-order valence-electron chi connectivity index (χ1n) is 5.08. The minimum Gasteiger partial charge on any atom is -0.469 e. The highest BCUT2D eigenvalue weighted by atomic mass is 16.5. The van der Waals surface area contributed by atoms with E-state index in [0.29, 0.717) is 6.61 Å². The molecule has 0 aromatic heterocycles. The predicted molar refractivity (Wildman–Crippen MR) is 51.7 cm³/mol. The first kappa shape index (κ1) is 10.2. The molecule has 4 atom stereocenters. The fourth-order valence-corrected chi connectivity index (χ4v) is 2.40. The molecule has 4 heteroatoms. The summed E-state index contributed by atoms with van der Waals surface area (Å²) in [7, 11) is 1.35. The molecule has 0 bridgehead atoms. The van der Waals surface area contributed by atoms with Crippen LogP contribution >= 0.6 is 0 Å². The van der Waals surface area contributed by atoms with Crippen molar-refractivity contribution in [1.29, 1.82) is 0 Å². The predicted octanol–water partition coefficient (Wildman–Crippen LogP) is 0.771. The molecular formula is C11H14O4. The van der Waals surface area contributed by atoms with Gasteiger partial charge in [-0.2, -0.15) is 0 Å². The molecule has 0 radical (unpaired) electrons. The third kappa shape index (κ3) is 1.54. The van der Waals surface area contributed by atoms with E-state index in [4.69, 9.17) is 9.47 Å². The third-order valence-corrected chi connectivity index (χ3v) is 3.24. The summed E-state index contributed by atoms with van der Waals surface area (Å²) < 4.78 is 9.71. The molecule has 0 saturated carbocycles. The lowest BCUT2D eigenvalue weighted by atomic mass is 9.72. The Morgan fingerprint density at radius 2 is 2.27 bits per heavy atom. The average molecular weight is 210 g/mol. The summed E-state index contributed by atoms with van der Waals surface area (Å²) in [5, 5.41) is 0. The van der Waals surface area contributed by atoms with Crippen molar-refractivity contribution in [3.05, 3.63) is 12.2 Å². The maximum atomic E-state index is 11.6. The molecule has 1 heterocycles. The number of allylic oxidation sites excluding steroid dienone is 1. The second kappa shape index (κ2) is 3.68. The Kier molecular flexibility index (Phi) is 2.50. The van der Waals surface area contributed by atoms with Crippen LogP contribution in [0, 0.1) is 23.7 Å². The highest BCUT2D eigenvalue weighted by Crippen LogP contribution is 2.39. The molecule has 1 fully saturated rings. The number of methoxy groups -OCH3 is 1. The van der Waals surface area contributed by atoms with Gasteiger partial charge in [0.25, 0.3) is 0 Å². The van der Waals surface area contributed by atoms with Gasteiger partial charge in [-0.05, 0) is 5.92 Å². The molecule has 2 rings (SSSR count). The van der Waals surface area contributed by atoms with Gasteiger partial charge in [-0.1, -0.05) is 19.1 Å². The minimum absolute atomic E-state index is 0.0318. The largest absolute Gasteiger partial charge is 0.469 e. The van der Waals surface area contributed by atoms with Crippen molar-refractivity contribution in [2.45, 2.75) is 6.92 Å². The van der Waals surface area contributed by atoms with Crippen molar-refractivity contribution in [1.82, 2.24) is 0 Å². The van der Waals surface area contributed by atoms with Crippen LogP contribution in [0.2, 0.25) is 0 Å². The average Bonchev–Trinajstić information content (AvgIpc) is 2.60. The van der Waals surface area contributed by atoms with Crippen LogP contribution in [0.1, 0.15) is 6.92 Å². The molecule has 0 N–H and O–H groups in total. The number of rotatable bonds is 1. The van der Waals surface area contributed by atoms with E-state index in [1.165, 1.54) is 7.11 Å². The van der Waals surface area contributed by atoms with E-state index in [1.807, 2.05) is 19.1 Å². The SMILES string of the molecule is COC(=O)[C@@H]1[C@@H]2C(=O)OC[C@@H]2C=C[C@H]1C. The number of fused-ring (bicyclic) bond motifs is 1. The van der Waals surface area contributed by atoms with E-state index in [-0.39, 0.29) is 35.6 Å². The molecule has 0 amide bonds. The van der Waals surface area contributed by atoms with Gasteiger partial charge in [-0.25, -0.2) is 0 Å². The number of esters is 2. The van der Waals surface area contributed by atoms with Gasteiger partial charge in [0.15, 0.2) is 0 Å². The molecule has 1 aliphatic heterocycles. The molecule has 4 nitrogen and oxygen atoms in total. The molecule has 0 unspecified atom stereocenters. The molecule has 0 aromatic rings.